The van der Waals surface area contributed by atoms with E-state index in [0.29, 0.717) is 17.1 Å². The normalized spacial score (nSPS) is 13.8. The number of hydrogen-bond donors (Lipinski definition) is 2. The quantitative estimate of drug-likeness (QED) is 0.728. The van der Waals surface area contributed by atoms with Crippen LogP contribution in [0.25, 0.3) is 0 Å². The Kier molecular flexibility index (Phi) is 4.84. The van der Waals surface area contributed by atoms with E-state index in [1.807, 2.05) is 30.5 Å². The van der Waals surface area contributed by atoms with Crippen LogP contribution in [0.15, 0.2) is 48.8 Å². The van der Waals surface area contributed by atoms with Crippen LogP contribution in [-0.4, -0.2) is 39.6 Å². The van der Waals surface area contributed by atoms with Crippen LogP contribution in [0, 0.1) is 0 Å². The summed E-state index contributed by atoms with van der Waals surface area (Å²) in [5.74, 6) is 0.354. The van der Waals surface area contributed by atoms with Crippen LogP contribution in [0.5, 0.6) is 5.88 Å². The molecule has 2 aromatic heterocycles. The van der Waals surface area contributed by atoms with Crippen LogP contribution >= 0.6 is 0 Å². The Morgan fingerprint density at radius 3 is 2.81 bits per heavy atom. The van der Waals surface area contributed by atoms with Gasteiger partial charge in [-0.3, -0.25) is 14.8 Å². The van der Waals surface area contributed by atoms with E-state index in [9.17, 15) is 4.79 Å². The van der Waals surface area contributed by atoms with Gasteiger partial charge in [-0.25, -0.2) is 4.98 Å². The maximum atomic E-state index is 12.4. The number of pyridine rings is 1. The molecule has 138 valence electrons. The third-order valence-electron chi connectivity index (χ3n) is 4.71. The highest BCUT2D eigenvalue weighted by molar-refractivity contribution is 6.04. The van der Waals surface area contributed by atoms with Crippen LogP contribution in [0.4, 0.5) is 5.69 Å². The number of amides is 1. The fraction of sp³-hybridized carbons (Fsp3) is 0.250. The van der Waals surface area contributed by atoms with Crippen LogP contribution in [0.2, 0.25) is 0 Å². The van der Waals surface area contributed by atoms with Crippen molar-refractivity contribution >= 4 is 11.6 Å². The summed E-state index contributed by atoms with van der Waals surface area (Å²) in [5.41, 5.74) is 4.95. The van der Waals surface area contributed by atoms with E-state index in [1.165, 1.54) is 16.8 Å². The van der Waals surface area contributed by atoms with Crippen molar-refractivity contribution in [3.8, 4) is 5.88 Å². The molecule has 2 N–H and O–H groups in total. The number of rotatable bonds is 5. The molecule has 0 unspecified atom stereocenters. The van der Waals surface area contributed by atoms with Crippen molar-refractivity contribution in [1.29, 1.82) is 0 Å². The summed E-state index contributed by atoms with van der Waals surface area (Å²) in [6, 6.07) is 11.2. The number of carbonyl (C=O) groups is 1. The zero-order valence-electron chi connectivity index (χ0n) is 15.1. The van der Waals surface area contributed by atoms with E-state index in [4.69, 9.17) is 4.74 Å². The van der Waals surface area contributed by atoms with E-state index in [1.54, 1.807) is 25.4 Å². The van der Waals surface area contributed by atoms with Crippen molar-refractivity contribution in [2.24, 2.45) is 0 Å². The molecular formula is C20H21N5O2. The molecule has 1 amide bonds. The molecule has 27 heavy (non-hydrogen) atoms. The molecule has 0 radical (unpaired) electrons. The van der Waals surface area contributed by atoms with E-state index >= 15 is 0 Å². The van der Waals surface area contributed by atoms with Gasteiger partial charge in [0.25, 0.3) is 5.91 Å². The molecule has 0 saturated heterocycles. The van der Waals surface area contributed by atoms with Gasteiger partial charge in [0.1, 0.15) is 0 Å². The minimum atomic E-state index is -0.158. The van der Waals surface area contributed by atoms with Crippen LogP contribution < -0.4 is 10.1 Å². The van der Waals surface area contributed by atoms with Gasteiger partial charge in [0.15, 0.2) is 0 Å². The van der Waals surface area contributed by atoms with Gasteiger partial charge < -0.3 is 10.1 Å². The number of aromatic amines is 1. The summed E-state index contributed by atoms with van der Waals surface area (Å²) in [6.45, 7) is 2.76. The summed E-state index contributed by atoms with van der Waals surface area (Å²) in [5, 5.41) is 10.0. The average molecular weight is 363 g/mol. The first-order valence-electron chi connectivity index (χ1n) is 8.85. The molecule has 7 heteroatoms. The number of hydrogen-bond acceptors (Lipinski definition) is 5. The lowest BCUT2D eigenvalue weighted by Gasteiger charge is -2.26. The topological polar surface area (TPSA) is 83.1 Å². The summed E-state index contributed by atoms with van der Waals surface area (Å²) < 4.78 is 5.02. The van der Waals surface area contributed by atoms with Crippen LogP contribution in [-0.2, 0) is 19.5 Å². The number of ether oxygens (including phenoxy) is 1. The van der Waals surface area contributed by atoms with E-state index in [-0.39, 0.29) is 5.91 Å². The minimum Gasteiger partial charge on any atom is -0.481 e. The SMILES string of the molecule is COc1ccc(NC(=O)c2ccc(CN3CCc4[nH]ncc4C3)cc2)cn1. The number of carbonyl (C=O) groups excluding carboxylic acids is 1. The van der Waals surface area contributed by atoms with Crippen molar-refractivity contribution in [2.45, 2.75) is 19.5 Å². The van der Waals surface area contributed by atoms with Gasteiger partial charge in [0.05, 0.1) is 25.2 Å². The smallest absolute Gasteiger partial charge is 0.255 e. The first-order chi connectivity index (χ1) is 13.2. The highest BCUT2D eigenvalue weighted by atomic mass is 16.5. The van der Waals surface area contributed by atoms with E-state index < -0.39 is 0 Å². The molecule has 0 spiro atoms. The lowest BCUT2D eigenvalue weighted by molar-refractivity contribution is 0.102. The standard InChI is InChI=1S/C20H21N5O2/c1-27-19-7-6-17(11-21-19)23-20(26)15-4-2-14(3-5-15)12-25-9-8-18-16(13-25)10-22-24-18/h2-7,10-11H,8-9,12-13H2,1H3,(H,22,24)(H,23,26). The van der Waals surface area contributed by atoms with Crippen molar-refractivity contribution in [1.82, 2.24) is 20.1 Å². The van der Waals surface area contributed by atoms with Gasteiger partial charge >= 0.3 is 0 Å². The predicted octanol–water partition coefficient (Wildman–Crippen LogP) is 2.62. The molecule has 3 aromatic rings. The monoisotopic (exact) mass is 363 g/mol. The molecule has 0 fully saturated rings. The summed E-state index contributed by atoms with van der Waals surface area (Å²) in [4.78, 5) is 18.9. The zero-order chi connectivity index (χ0) is 18.6. The number of benzene rings is 1. The third-order valence-corrected chi connectivity index (χ3v) is 4.71. The highest BCUT2D eigenvalue weighted by Crippen LogP contribution is 2.19. The Bertz CT molecular complexity index is 918. The summed E-state index contributed by atoms with van der Waals surface area (Å²) in [7, 11) is 1.56. The lowest BCUT2D eigenvalue weighted by Crippen LogP contribution is -2.29. The Balaban J connectivity index is 1.36. The number of aromatic nitrogens is 3. The molecule has 0 saturated carbocycles. The summed E-state index contributed by atoms with van der Waals surface area (Å²) >= 11 is 0. The van der Waals surface area contributed by atoms with Gasteiger partial charge in [-0.1, -0.05) is 12.1 Å². The molecule has 1 aliphatic heterocycles. The maximum Gasteiger partial charge on any atom is 0.255 e. The zero-order valence-corrected chi connectivity index (χ0v) is 15.1. The van der Waals surface area contributed by atoms with Crippen LogP contribution in [0.1, 0.15) is 27.2 Å². The molecule has 3 heterocycles. The Morgan fingerprint density at radius 1 is 1.22 bits per heavy atom. The first-order valence-corrected chi connectivity index (χ1v) is 8.85. The Morgan fingerprint density at radius 2 is 2.07 bits per heavy atom. The fourth-order valence-corrected chi connectivity index (χ4v) is 3.21. The third kappa shape index (κ3) is 3.98. The molecule has 1 aromatic carbocycles. The molecule has 0 atom stereocenters. The average Bonchev–Trinajstić information content (AvgIpc) is 3.17. The van der Waals surface area contributed by atoms with Crippen LogP contribution in [0.3, 0.4) is 0 Å². The molecule has 7 nitrogen and oxygen atoms in total. The van der Waals surface area contributed by atoms with E-state index in [2.05, 4.69) is 25.4 Å². The maximum absolute atomic E-state index is 12.4. The van der Waals surface area contributed by atoms with Gasteiger partial charge in [-0.05, 0) is 23.8 Å². The summed E-state index contributed by atoms with van der Waals surface area (Å²) in [6.07, 6.45) is 4.47. The largest absolute Gasteiger partial charge is 0.481 e. The Labute approximate surface area is 157 Å². The fourth-order valence-electron chi connectivity index (χ4n) is 3.21. The Hall–Kier alpha value is -3.19. The van der Waals surface area contributed by atoms with Crippen molar-refractivity contribution in [3.63, 3.8) is 0 Å². The van der Waals surface area contributed by atoms with Gasteiger partial charge in [-0.15, -0.1) is 0 Å². The van der Waals surface area contributed by atoms with Gasteiger partial charge in [0, 0.05) is 48.9 Å². The number of nitrogens with one attached hydrogen (secondary N) is 2. The van der Waals surface area contributed by atoms with Crippen molar-refractivity contribution in [2.75, 3.05) is 19.0 Å². The van der Waals surface area contributed by atoms with Crippen molar-refractivity contribution < 1.29 is 9.53 Å². The molecule has 1 aliphatic rings. The van der Waals surface area contributed by atoms with E-state index in [0.717, 1.165) is 26.1 Å². The number of nitrogens with zero attached hydrogens (tertiary/aromatic N) is 3. The number of anilines is 1. The highest BCUT2D eigenvalue weighted by Gasteiger charge is 2.17. The molecule has 0 bridgehead atoms. The van der Waals surface area contributed by atoms with Gasteiger partial charge in [-0.2, -0.15) is 5.10 Å². The first kappa shape index (κ1) is 17.2. The van der Waals surface area contributed by atoms with Crippen molar-refractivity contribution in [3.05, 3.63) is 71.2 Å². The second-order valence-corrected chi connectivity index (χ2v) is 6.57. The number of H-pyrrole nitrogens is 1. The lowest BCUT2D eigenvalue weighted by atomic mass is 10.1. The minimum absolute atomic E-state index is 0.158. The predicted molar refractivity (Wildman–Crippen MR) is 102 cm³/mol. The second kappa shape index (κ2) is 7.59. The molecule has 4 rings (SSSR count). The molecule has 0 aliphatic carbocycles. The van der Waals surface area contributed by atoms with Gasteiger partial charge in [0.2, 0.25) is 5.88 Å². The molecular weight excluding hydrogens is 342 g/mol. The number of fused-ring (bicyclic) bond motifs is 1. The number of methoxy groups -OCH3 is 1. The second-order valence-electron chi connectivity index (χ2n) is 6.57.